The van der Waals surface area contributed by atoms with Gasteiger partial charge in [-0.1, -0.05) is 61.2 Å². The summed E-state index contributed by atoms with van der Waals surface area (Å²) in [5.41, 5.74) is 1.97. The molecule has 0 radical (unpaired) electrons. The molecule has 2 rings (SSSR count). The van der Waals surface area contributed by atoms with Crippen LogP contribution in [0.3, 0.4) is 0 Å². The van der Waals surface area contributed by atoms with Crippen LogP contribution in [0.25, 0.3) is 0 Å². The lowest BCUT2D eigenvalue weighted by Crippen LogP contribution is -2.39. The Kier molecular flexibility index (Phi) is 6.10. The topological polar surface area (TPSA) is 12.0 Å². The van der Waals surface area contributed by atoms with Gasteiger partial charge >= 0.3 is 0 Å². The van der Waals surface area contributed by atoms with Crippen molar-refractivity contribution < 1.29 is 0 Å². The van der Waals surface area contributed by atoms with Crippen LogP contribution < -0.4 is 5.32 Å². The molecule has 1 aliphatic carbocycles. The maximum Gasteiger partial charge on any atom is 0.0175 e. The van der Waals surface area contributed by atoms with Gasteiger partial charge in [-0.05, 0) is 54.8 Å². The van der Waals surface area contributed by atoms with E-state index in [-0.39, 0.29) is 0 Å². The number of halogens is 1. The van der Waals surface area contributed by atoms with Crippen molar-refractivity contribution in [2.75, 3.05) is 13.1 Å². The smallest absolute Gasteiger partial charge is 0.0175 e. The van der Waals surface area contributed by atoms with Crippen molar-refractivity contribution in [2.45, 2.75) is 52.4 Å². The van der Waals surface area contributed by atoms with E-state index in [0.29, 0.717) is 5.41 Å². The first kappa shape index (κ1) is 16.0. The molecule has 1 fully saturated rings. The van der Waals surface area contributed by atoms with Crippen LogP contribution in [0.15, 0.2) is 28.7 Å². The highest BCUT2D eigenvalue weighted by molar-refractivity contribution is 9.10. The molecule has 0 heterocycles. The molecular weight excluding hydrogens is 310 g/mol. The van der Waals surface area contributed by atoms with Crippen LogP contribution in [-0.4, -0.2) is 13.1 Å². The average Bonchev–Trinajstić information content (AvgIpc) is 2.42. The first-order valence-electron chi connectivity index (χ1n) is 8.05. The van der Waals surface area contributed by atoms with Crippen LogP contribution in [-0.2, 0) is 6.42 Å². The van der Waals surface area contributed by atoms with E-state index in [2.05, 4.69) is 59.4 Å². The molecule has 1 aliphatic rings. The van der Waals surface area contributed by atoms with E-state index in [4.69, 9.17) is 0 Å². The predicted octanol–water partition coefficient (Wildman–Crippen LogP) is 5.19. The van der Waals surface area contributed by atoms with Gasteiger partial charge in [0, 0.05) is 11.0 Å². The van der Waals surface area contributed by atoms with Crippen LogP contribution in [0.4, 0.5) is 0 Å². The van der Waals surface area contributed by atoms with Crippen LogP contribution in [0.2, 0.25) is 0 Å². The highest BCUT2D eigenvalue weighted by Gasteiger charge is 2.31. The van der Waals surface area contributed by atoms with Gasteiger partial charge < -0.3 is 5.32 Å². The predicted molar refractivity (Wildman–Crippen MR) is 91.1 cm³/mol. The normalized spacial score (nSPS) is 18.4. The maximum absolute atomic E-state index is 3.72. The first-order valence-corrected chi connectivity index (χ1v) is 8.84. The molecule has 1 saturated carbocycles. The molecule has 0 aliphatic heterocycles. The van der Waals surface area contributed by atoms with Gasteiger partial charge in [-0.2, -0.15) is 0 Å². The summed E-state index contributed by atoms with van der Waals surface area (Å²) in [5, 5.41) is 3.72. The summed E-state index contributed by atoms with van der Waals surface area (Å²) in [6, 6.07) is 8.91. The molecule has 0 bridgehead atoms. The Labute approximate surface area is 132 Å². The van der Waals surface area contributed by atoms with Gasteiger partial charge in [0.1, 0.15) is 0 Å². The quantitative estimate of drug-likeness (QED) is 0.753. The molecule has 0 saturated heterocycles. The molecule has 1 aromatic rings. The summed E-state index contributed by atoms with van der Waals surface area (Å²) in [6.45, 7) is 6.90. The number of hydrogen-bond acceptors (Lipinski definition) is 1. The minimum atomic E-state index is 0.487. The summed E-state index contributed by atoms with van der Waals surface area (Å²) >= 11 is 3.53. The van der Waals surface area contributed by atoms with Gasteiger partial charge in [-0.15, -0.1) is 0 Å². The van der Waals surface area contributed by atoms with E-state index in [1.54, 1.807) is 0 Å². The van der Waals surface area contributed by atoms with E-state index in [1.807, 2.05) is 0 Å². The molecule has 112 valence electrons. The van der Waals surface area contributed by atoms with Crippen LogP contribution in [0.5, 0.6) is 0 Å². The van der Waals surface area contributed by atoms with Crippen molar-refractivity contribution in [3.63, 3.8) is 0 Å². The molecular formula is C18H28BrN. The third-order valence-electron chi connectivity index (χ3n) is 4.46. The monoisotopic (exact) mass is 337 g/mol. The highest BCUT2D eigenvalue weighted by atomic mass is 79.9. The van der Waals surface area contributed by atoms with Crippen LogP contribution >= 0.6 is 15.9 Å². The largest absolute Gasteiger partial charge is 0.316 e. The zero-order valence-electron chi connectivity index (χ0n) is 12.9. The molecule has 1 aromatic carbocycles. The fourth-order valence-electron chi connectivity index (χ4n) is 3.38. The van der Waals surface area contributed by atoms with Crippen molar-refractivity contribution in [3.05, 3.63) is 34.3 Å². The lowest BCUT2D eigenvalue weighted by Gasteiger charge is -2.38. The summed E-state index contributed by atoms with van der Waals surface area (Å²) in [5.74, 6) is 0.739. The molecule has 0 amide bonds. The SMILES string of the molecule is CC(C)CNCC1(Cc2ccc(Br)cc2)CCCCC1. The van der Waals surface area contributed by atoms with Crippen LogP contribution in [0, 0.1) is 11.3 Å². The van der Waals surface area contributed by atoms with E-state index < -0.39 is 0 Å². The number of nitrogens with one attached hydrogen (secondary N) is 1. The molecule has 1 nitrogen and oxygen atoms in total. The Morgan fingerprint density at radius 3 is 2.35 bits per heavy atom. The fourth-order valence-corrected chi connectivity index (χ4v) is 3.64. The molecule has 0 spiro atoms. The lowest BCUT2D eigenvalue weighted by atomic mass is 9.70. The Hall–Kier alpha value is -0.340. The van der Waals surface area contributed by atoms with Crippen molar-refractivity contribution >= 4 is 15.9 Å². The zero-order valence-corrected chi connectivity index (χ0v) is 14.5. The molecule has 0 aromatic heterocycles. The van der Waals surface area contributed by atoms with E-state index in [9.17, 15) is 0 Å². The Morgan fingerprint density at radius 1 is 1.10 bits per heavy atom. The van der Waals surface area contributed by atoms with E-state index >= 15 is 0 Å². The lowest BCUT2D eigenvalue weighted by molar-refractivity contribution is 0.179. The Balaban J connectivity index is 2.00. The second-order valence-electron chi connectivity index (χ2n) is 6.89. The third kappa shape index (κ3) is 4.89. The van der Waals surface area contributed by atoms with E-state index in [0.717, 1.165) is 12.5 Å². The Bertz CT molecular complexity index is 390. The van der Waals surface area contributed by atoms with Crippen molar-refractivity contribution in [1.82, 2.24) is 5.32 Å². The highest BCUT2D eigenvalue weighted by Crippen LogP contribution is 2.39. The van der Waals surface area contributed by atoms with Crippen molar-refractivity contribution in [1.29, 1.82) is 0 Å². The average molecular weight is 338 g/mol. The van der Waals surface area contributed by atoms with E-state index in [1.165, 1.54) is 55.1 Å². The van der Waals surface area contributed by atoms with Gasteiger partial charge in [-0.25, -0.2) is 0 Å². The minimum Gasteiger partial charge on any atom is -0.316 e. The first-order chi connectivity index (χ1) is 9.60. The van der Waals surface area contributed by atoms with Gasteiger partial charge in [-0.3, -0.25) is 0 Å². The summed E-state index contributed by atoms with van der Waals surface area (Å²) in [7, 11) is 0. The van der Waals surface area contributed by atoms with Gasteiger partial charge in [0.05, 0.1) is 0 Å². The summed E-state index contributed by atoms with van der Waals surface area (Å²) < 4.78 is 1.18. The summed E-state index contributed by atoms with van der Waals surface area (Å²) in [6.07, 6.45) is 8.22. The number of benzene rings is 1. The standard InChI is InChI=1S/C18H28BrN/c1-15(2)13-20-14-18(10-4-3-5-11-18)12-16-6-8-17(19)9-7-16/h6-9,15,20H,3-5,10-14H2,1-2H3. The van der Waals surface area contributed by atoms with Gasteiger partial charge in [0.2, 0.25) is 0 Å². The second kappa shape index (κ2) is 7.61. The molecule has 0 unspecified atom stereocenters. The van der Waals surface area contributed by atoms with Crippen molar-refractivity contribution in [3.8, 4) is 0 Å². The molecule has 0 atom stereocenters. The number of rotatable bonds is 6. The molecule has 20 heavy (non-hydrogen) atoms. The zero-order chi connectivity index (χ0) is 14.4. The van der Waals surface area contributed by atoms with Crippen molar-refractivity contribution in [2.24, 2.45) is 11.3 Å². The molecule has 2 heteroatoms. The third-order valence-corrected chi connectivity index (χ3v) is 4.99. The van der Waals surface area contributed by atoms with Gasteiger partial charge in [0.25, 0.3) is 0 Å². The second-order valence-corrected chi connectivity index (χ2v) is 7.80. The number of hydrogen-bond donors (Lipinski definition) is 1. The molecule has 1 N–H and O–H groups in total. The summed E-state index contributed by atoms with van der Waals surface area (Å²) in [4.78, 5) is 0. The Morgan fingerprint density at radius 2 is 1.75 bits per heavy atom. The minimum absolute atomic E-state index is 0.487. The maximum atomic E-state index is 3.72. The van der Waals surface area contributed by atoms with Gasteiger partial charge in [0.15, 0.2) is 0 Å². The fraction of sp³-hybridized carbons (Fsp3) is 0.667. The van der Waals surface area contributed by atoms with Crippen LogP contribution in [0.1, 0.15) is 51.5 Å².